The van der Waals surface area contributed by atoms with Crippen LogP contribution in [0.4, 0.5) is 0 Å². The van der Waals surface area contributed by atoms with Crippen LogP contribution in [0.15, 0.2) is 0 Å². The largest absolute Gasteiger partial charge is 2.00 e. The van der Waals surface area contributed by atoms with Crippen LogP contribution in [-0.4, -0.2) is 18.5 Å². The predicted octanol–water partition coefficient (Wildman–Crippen LogP) is 1.29. The Balaban J connectivity index is -0.000000101. The number of hydrogen-bond donors (Lipinski definition) is 1. The zero-order valence-corrected chi connectivity index (χ0v) is 14.1. The van der Waals surface area contributed by atoms with Crippen molar-refractivity contribution in [3.05, 3.63) is 20.2 Å². The van der Waals surface area contributed by atoms with Gasteiger partial charge in [-0.15, -0.1) is 6.54 Å². The van der Waals surface area contributed by atoms with Crippen molar-refractivity contribution in [2.45, 2.75) is 25.3 Å². The predicted molar refractivity (Wildman–Crippen MR) is 47.9 cm³/mol. The van der Waals surface area contributed by atoms with Crippen LogP contribution in [0.2, 0.25) is 0 Å². The molecule has 1 heterocycles. The summed E-state index contributed by atoms with van der Waals surface area (Å²) in [5, 5.41) is 3.74. The number of nitrogens with zero attached hydrogens (tertiary/aromatic N) is 1. The maximum atomic E-state index is 10.7. The van der Waals surface area contributed by atoms with E-state index in [-0.39, 0.29) is 80.6 Å². The molecule has 75 valence electrons. The van der Waals surface area contributed by atoms with Crippen molar-refractivity contribution in [3.8, 4) is 0 Å². The van der Waals surface area contributed by atoms with Gasteiger partial charge < -0.3 is 30.7 Å². The fourth-order valence-electron chi connectivity index (χ4n) is 0.906. The molecule has 1 saturated heterocycles. The van der Waals surface area contributed by atoms with Gasteiger partial charge in [0.05, 0.1) is 5.91 Å². The Morgan fingerprint density at radius 3 is 2.38 bits per heavy atom. The Morgan fingerprint density at radius 1 is 1.31 bits per heavy atom. The Hall–Kier alpha value is 1.22. The molecule has 2 N–H and O–H groups in total. The number of amides is 1. The van der Waals surface area contributed by atoms with E-state index in [2.05, 4.69) is 5.32 Å². The zero-order chi connectivity index (χ0) is 6.69. The first-order valence-corrected chi connectivity index (χ1v) is 3.27. The fourth-order valence-corrected chi connectivity index (χ4v) is 0.906. The van der Waals surface area contributed by atoms with Crippen LogP contribution in [0, 0.1) is 14.9 Å². The molecule has 1 atom stereocenters. The van der Waals surface area contributed by atoms with Crippen molar-refractivity contribution in [2.24, 2.45) is 5.73 Å². The number of rotatable bonds is 0. The fraction of sp³-hybridized carbons (Fsp3) is 0.625. The molecule has 1 aliphatic heterocycles. The molecule has 0 bridgehead atoms. The van der Waals surface area contributed by atoms with Crippen molar-refractivity contribution in [1.29, 1.82) is 0 Å². The molecule has 1 rings (SSSR count). The van der Waals surface area contributed by atoms with E-state index in [0.29, 0.717) is 6.54 Å². The molecule has 13 heavy (non-hydrogen) atoms. The molecule has 5 heteroatoms. The van der Waals surface area contributed by atoms with Gasteiger partial charge in [-0.25, -0.2) is 0 Å². The van der Waals surface area contributed by atoms with Gasteiger partial charge >= 0.3 is 21.1 Å². The summed E-state index contributed by atoms with van der Waals surface area (Å²) >= 11 is 0. The third-order valence-corrected chi connectivity index (χ3v) is 1.51. The van der Waals surface area contributed by atoms with Crippen molar-refractivity contribution in [2.75, 3.05) is 6.54 Å². The standard InChI is InChI=1S/C6H12N2O.2CH3.W.Y/c7-5-3-1-2-4-8-6(5)9;;;;/h5H,1-4,7H2,(H,8,9);2*1H3;;/q;2*-1;+2;/p-1/t5-;;;;/m0..../s1. The molecule has 0 unspecified atom stereocenters. The van der Waals surface area contributed by atoms with Gasteiger partial charge in [-0.3, -0.25) is 0 Å². The van der Waals surface area contributed by atoms with Crippen LogP contribution in [-0.2, 0) is 58.6 Å². The number of nitrogens with two attached hydrogens (primary N) is 1. The molecule has 0 spiro atoms. The van der Waals surface area contributed by atoms with Crippen LogP contribution in [0.5, 0.6) is 0 Å². The summed E-state index contributed by atoms with van der Waals surface area (Å²) in [6.45, 7) is 0.673. The van der Waals surface area contributed by atoms with Crippen LogP contribution in [0.1, 0.15) is 19.3 Å². The molecule has 1 radical (unpaired) electrons. The Morgan fingerprint density at radius 2 is 1.85 bits per heavy atom. The van der Waals surface area contributed by atoms with Gasteiger partial charge in [0.25, 0.3) is 0 Å². The summed E-state index contributed by atoms with van der Waals surface area (Å²) in [5.74, 6) is -0.118. The minimum absolute atomic E-state index is 0. The number of hydrogen-bond acceptors (Lipinski definition) is 2. The van der Waals surface area contributed by atoms with Crippen molar-refractivity contribution in [1.82, 2.24) is 0 Å². The molecule has 3 nitrogen and oxygen atoms in total. The SMILES string of the molecule is N[C@H]1CCCC[N-]C1=O.[CH3-].[CH3-].[W+2].[Y]. The first-order chi connectivity index (χ1) is 4.30. The molecular formula is C8H17N2OWY-. The Labute approximate surface area is 121 Å². The molecule has 1 amide bonds. The number of carbonyl (C=O) groups excluding carboxylic acids is 1. The van der Waals surface area contributed by atoms with Gasteiger partial charge in [0.1, 0.15) is 0 Å². The number of carbonyl (C=O) groups is 1. The maximum absolute atomic E-state index is 10.7. The summed E-state index contributed by atoms with van der Waals surface area (Å²) < 4.78 is 0. The topological polar surface area (TPSA) is 57.2 Å². The second-order valence-electron chi connectivity index (χ2n) is 2.32. The van der Waals surface area contributed by atoms with Gasteiger partial charge in [-0.05, 0) is 6.42 Å². The first kappa shape index (κ1) is 23.8. The van der Waals surface area contributed by atoms with E-state index in [1.165, 1.54) is 0 Å². The second kappa shape index (κ2) is 13.2. The molecule has 0 aromatic carbocycles. The second-order valence-corrected chi connectivity index (χ2v) is 2.32. The molecule has 1 aliphatic rings. The van der Waals surface area contributed by atoms with E-state index < -0.39 is 0 Å². The quantitative estimate of drug-likeness (QED) is 0.590. The van der Waals surface area contributed by atoms with Gasteiger partial charge in [0, 0.05) is 38.8 Å². The van der Waals surface area contributed by atoms with Crippen molar-refractivity contribution < 1.29 is 58.6 Å². The normalized spacial score (nSPS) is 20.1. The minimum atomic E-state index is -0.313. The van der Waals surface area contributed by atoms with Crippen molar-refractivity contribution >= 4 is 5.91 Å². The average molecular weight is 430 g/mol. The summed E-state index contributed by atoms with van der Waals surface area (Å²) in [4.78, 5) is 10.7. The van der Waals surface area contributed by atoms with Crippen LogP contribution in [0.3, 0.4) is 0 Å². The third-order valence-electron chi connectivity index (χ3n) is 1.51. The van der Waals surface area contributed by atoms with E-state index in [1.807, 2.05) is 0 Å². The monoisotopic (exact) mass is 430 g/mol. The van der Waals surface area contributed by atoms with Crippen LogP contribution >= 0.6 is 0 Å². The zero-order valence-electron chi connectivity index (χ0n) is 8.32. The van der Waals surface area contributed by atoms with E-state index >= 15 is 0 Å². The molecule has 0 aliphatic carbocycles. The Kier molecular flexibility index (Phi) is 24.2. The molecular weight excluding hydrogens is 413 g/mol. The minimum Gasteiger partial charge on any atom is -0.652 e. The van der Waals surface area contributed by atoms with Crippen LogP contribution in [0.25, 0.3) is 5.32 Å². The Bertz CT molecular complexity index is 125. The van der Waals surface area contributed by atoms with Crippen LogP contribution < -0.4 is 5.73 Å². The van der Waals surface area contributed by atoms with E-state index in [9.17, 15) is 4.79 Å². The van der Waals surface area contributed by atoms with Gasteiger partial charge in [-0.1, -0.05) is 12.8 Å². The third kappa shape index (κ3) is 9.52. The summed E-state index contributed by atoms with van der Waals surface area (Å²) in [6.07, 6.45) is 2.86. The van der Waals surface area contributed by atoms with Crippen molar-refractivity contribution in [3.63, 3.8) is 0 Å². The van der Waals surface area contributed by atoms with Gasteiger partial charge in [0.15, 0.2) is 0 Å². The summed E-state index contributed by atoms with van der Waals surface area (Å²) in [6, 6.07) is -0.313. The van der Waals surface area contributed by atoms with E-state index in [4.69, 9.17) is 5.73 Å². The summed E-state index contributed by atoms with van der Waals surface area (Å²) in [5.41, 5.74) is 5.43. The molecule has 0 saturated carbocycles. The first-order valence-electron chi connectivity index (χ1n) is 3.27. The molecule has 1 fully saturated rings. The smallest absolute Gasteiger partial charge is 0.652 e. The van der Waals surface area contributed by atoms with Gasteiger partial charge in [0.2, 0.25) is 0 Å². The van der Waals surface area contributed by atoms with E-state index in [0.717, 1.165) is 19.3 Å². The van der Waals surface area contributed by atoms with E-state index in [1.54, 1.807) is 0 Å². The average Bonchev–Trinajstić information content (AvgIpc) is 1.99. The summed E-state index contributed by atoms with van der Waals surface area (Å²) in [7, 11) is 0. The molecule has 0 aromatic rings. The van der Waals surface area contributed by atoms with Gasteiger partial charge in [-0.2, -0.15) is 0 Å². The molecule has 0 aromatic heterocycles. The maximum Gasteiger partial charge on any atom is 2.00 e.